The second kappa shape index (κ2) is 4.92. The fourth-order valence-electron chi connectivity index (χ4n) is 1.35. The van der Waals surface area contributed by atoms with Crippen molar-refractivity contribution in [3.63, 3.8) is 0 Å². The van der Waals surface area contributed by atoms with E-state index in [1.165, 1.54) is 0 Å². The molecule has 4 N–H and O–H groups in total. The molecule has 1 heterocycles. The molecule has 6 nitrogen and oxygen atoms in total. The molecular weight excluding hydrogens is 280 g/mol. The van der Waals surface area contributed by atoms with Gasteiger partial charge in [-0.25, -0.2) is 4.21 Å². The van der Waals surface area contributed by atoms with Crippen LogP contribution in [0.5, 0.6) is 0 Å². The highest BCUT2D eigenvalue weighted by molar-refractivity contribution is 7.80. The number of hydrogen-bond acceptors (Lipinski definition) is 3. The molecule has 9 heteroatoms. The van der Waals surface area contributed by atoms with Crippen molar-refractivity contribution < 1.29 is 8.76 Å². The van der Waals surface area contributed by atoms with Gasteiger partial charge >= 0.3 is 0 Å². The number of H-pyrrole nitrogens is 2. The van der Waals surface area contributed by atoms with Crippen LogP contribution < -0.4 is 4.72 Å². The first-order chi connectivity index (χ1) is 8.08. The SMILES string of the molecule is O=S(O)Nc1cccc(-n2c(=S)[nH][nH]c2=S)c1. The van der Waals surface area contributed by atoms with Crippen LogP contribution in [-0.2, 0) is 11.3 Å². The van der Waals surface area contributed by atoms with Gasteiger partial charge in [-0.15, -0.1) is 0 Å². The van der Waals surface area contributed by atoms with E-state index in [0.717, 1.165) is 0 Å². The summed E-state index contributed by atoms with van der Waals surface area (Å²) >= 11 is 8.02. The molecule has 1 aromatic carbocycles. The van der Waals surface area contributed by atoms with Crippen molar-refractivity contribution in [3.05, 3.63) is 33.8 Å². The standard InChI is InChI=1S/C8H8N4O2S3/c13-17(14)11-5-2-1-3-6(4-5)12-7(15)9-10-8(12)16/h1-4,11H,(H,9,15)(H,10,16)(H,13,14). The topological polar surface area (TPSA) is 85.8 Å². The lowest BCUT2D eigenvalue weighted by molar-refractivity contribution is 0.570. The van der Waals surface area contributed by atoms with E-state index in [-0.39, 0.29) is 0 Å². The molecule has 0 aliphatic carbocycles. The minimum absolute atomic E-state index is 0.428. The third-order valence-corrected chi connectivity index (χ3v) is 2.97. The van der Waals surface area contributed by atoms with E-state index in [1.54, 1.807) is 28.8 Å². The summed E-state index contributed by atoms with van der Waals surface area (Å²) in [5.74, 6) is 0. The van der Waals surface area contributed by atoms with Crippen molar-refractivity contribution in [2.24, 2.45) is 0 Å². The van der Waals surface area contributed by atoms with Gasteiger partial charge in [0.25, 0.3) is 11.3 Å². The summed E-state index contributed by atoms with van der Waals surface area (Å²) in [5.41, 5.74) is 1.20. The summed E-state index contributed by atoms with van der Waals surface area (Å²) in [7, 11) is 0. The van der Waals surface area contributed by atoms with E-state index >= 15 is 0 Å². The summed E-state index contributed by atoms with van der Waals surface area (Å²) in [6.45, 7) is 0. The van der Waals surface area contributed by atoms with Gasteiger partial charge in [-0.05, 0) is 42.6 Å². The van der Waals surface area contributed by atoms with Crippen molar-refractivity contribution in [2.75, 3.05) is 4.72 Å². The predicted molar refractivity (Wildman–Crippen MR) is 70.5 cm³/mol. The van der Waals surface area contributed by atoms with Crippen molar-refractivity contribution in [2.45, 2.75) is 0 Å². The van der Waals surface area contributed by atoms with Crippen LogP contribution in [0.25, 0.3) is 5.69 Å². The fraction of sp³-hybridized carbons (Fsp3) is 0. The minimum atomic E-state index is -2.11. The van der Waals surface area contributed by atoms with E-state index < -0.39 is 11.3 Å². The van der Waals surface area contributed by atoms with Crippen molar-refractivity contribution >= 4 is 41.4 Å². The quantitative estimate of drug-likeness (QED) is 0.515. The zero-order valence-electron chi connectivity index (χ0n) is 8.34. The van der Waals surface area contributed by atoms with Crippen LogP contribution in [0.3, 0.4) is 0 Å². The van der Waals surface area contributed by atoms with Gasteiger partial charge in [0.2, 0.25) is 0 Å². The maximum atomic E-state index is 10.6. The molecule has 17 heavy (non-hydrogen) atoms. The largest absolute Gasteiger partial charge is 0.289 e. The number of nitrogens with one attached hydrogen (secondary N) is 3. The second-order valence-electron chi connectivity index (χ2n) is 3.10. The number of rotatable bonds is 3. The maximum absolute atomic E-state index is 10.6. The van der Waals surface area contributed by atoms with Crippen LogP contribution in [0.2, 0.25) is 0 Å². The molecule has 1 unspecified atom stereocenters. The Labute approximate surface area is 109 Å². The first-order valence-corrected chi connectivity index (χ1v) is 6.38. The Morgan fingerprint density at radius 3 is 2.53 bits per heavy atom. The number of aromatic amines is 2. The van der Waals surface area contributed by atoms with E-state index in [4.69, 9.17) is 29.0 Å². The molecule has 2 rings (SSSR count). The number of hydrogen-bond donors (Lipinski definition) is 4. The maximum Gasteiger partial charge on any atom is 0.259 e. The zero-order chi connectivity index (χ0) is 12.4. The summed E-state index contributed by atoms with van der Waals surface area (Å²) in [6, 6.07) is 6.86. The van der Waals surface area contributed by atoms with Crippen LogP contribution in [-0.4, -0.2) is 23.5 Å². The lowest BCUT2D eigenvalue weighted by Crippen LogP contribution is -2.03. The molecular formula is C8H8N4O2S3. The Kier molecular flexibility index (Phi) is 3.52. The summed E-state index contributed by atoms with van der Waals surface area (Å²) in [5, 5.41) is 5.43. The Morgan fingerprint density at radius 2 is 1.94 bits per heavy atom. The van der Waals surface area contributed by atoms with Gasteiger partial charge in [0.1, 0.15) is 0 Å². The van der Waals surface area contributed by atoms with E-state index in [1.807, 2.05) is 0 Å². The van der Waals surface area contributed by atoms with Gasteiger partial charge in [-0.1, -0.05) is 6.07 Å². The average Bonchev–Trinajstić information content (AvgIpc) is 2.58. The van der Waals surface area contributed by atoms with Gasteiger partial charge < -0.3 is 0 Å². The lowest BCUT2D eigenvalue weighted by Gasteiger charge is -2.05. The molecule has 0 aliphatic heterocycles. The Hall–Kier alpha value is -1.29. The summed E-state index contributed by atoms with van der Waals surface area (Å²) in [6.07, 6.45) is 0. The molecule has 2 aromatic rings. The molecule has 0 radical (unpaired) electrons. The van der Waals surface area contributed by atoms with Gasteiger partial charge in [-0.2, -0.15) is 0 Å². The molecule has 90 valence electrons. The molecule has 1 atom stereocenters. The Morgan fingerprint density at radius 1 is 1.29 bits per heavy atom. The molecule has 0 fully saturated rings. The minimum Gasteiger partial charge on any atom is -0.289 e. The molecule has 0 saturated carbocycles. The molecule has 1 aromatic heterocycles. The van der Waals surface area contributed by atoms with E-state index in [2.05, 4.69) is 14.9 Å². The highest BCUT2D eigenvalue weighted by Gasteiger charge is 2.03. The molecule has 0 amide bonds. The van der Waals surface area contributed by atoms with Crippen molar-refractivity contribution in [3.8, 4) is 5.69 Å². The highest BCUT2D eigenvalue weighted by atomic mass is 32.2. The summed E-state index contributed by atoms with van der Waals surface area (Å²) in [4.78, 5) is 0. The number of nitrogens with zero attached hydrogens (tertiary/aromatic N) is 1. The first kappa shape index (κ1) is 12.2. The predicted octanol–water partition coefficient (Wildman–Crippen LogP) is 2.14. The van der Waals surface area contributed by atoms with Gasteiger partial charge in [0, 0.05) is 0 Å². The van der Waals surface area contributed by atoms with E-state index in [0.29, 0.717) is 20.9 Å². The summed E-state index contributed by atoms with van der Waals surface area (Å²) < 4.78 is 24.2. The number of anilines is 1. The van der Waals surface area contributed by atoms with Crippen LogP contribution in [0.4, 0.5) is 5.69 Å². The van der Waals surface area contributed by atoms with Gasteiger partial charge in [0.05, 0.1) is 11.4 Å². The fourth-order valence-corrected chi connectivity index (χ4v) is 2.24. The normalized spacial score (nSPS) is 12.3. The van der Waals surface area contributed by atoms with E-state index in [9.17, 15) is 4.21 Å². The van der Waals surface area contributed by atoms with Gasteiger partial charge in [0.15, 0.2) is 9.54 Å². The van der Waals surface area contributed by atoms with Gasteiger partial charge in [-0.3, -0.25) is 24.0 Å². The lowest BCUT2D eigenvalue weighted by atomic mass is 10.3. The van der Waals surface area contributed by atoms with Crippen molar-refractivity contribution in [1.82, 2.24) is 14.8 Å². The monoisotopic (exact) mass is 288 g/mol. The molecule has 0 spiro atoms. The Balaban J connectivity index is 2.50. The molecule has 0 saturated heterocycles. The second-order valence-corrected chi connectivity index (χ2v) is 4.57. The molecule has 0 bridgehead atoms. The van der Waals surface area contributed by atoms with Crippen LogP contribution >= 0.6 is 24.4 Å². The third-order valence-electron chi connectivity index (χ3n) is 1.99. The molecule has 0 aliphatic rings. The smallest absolute Gasteiger partial charge is 0.259 e. The van der Waals surface area contributed by atoms with Crippen LogP contribution in [0.15, 0.2) is 24.3 Å². The average molecular weight is 288 g/mol. The Bertz CT molecular complexity index is 644. The zero-order valence-corrected chi connectivity index (χ0v) is 10.8. The first-order valence-electron chi connectivity index (χ1n) is 4.45. The number of benzene rings is 1. The number of aromatic nitrogens is 3. The van der Waals surface area contributed by atoms with Crippen LogP contribution in [0.1, 0.15) is 0 Å². The highest BCUT2D eigenvalue weighted by Crippen LogP contribution is 2.15. The van der Waals surface area contributed by atoms with Crippen molar-refractivity contribution in [1.29, 1.82) is 0 Å². The van der Waals surface area contributed by atoms with Crippen LogP contribution in [0, 0.1) is 9.54 Å². The third kappa shape index (κ3) is 2.69.